The Bertz CT molecular complexity index is 1740. The highest BCUT2D eigenvalue weighted by Crippen LogP contribution is 2.39. The van der Waals surface area contributed by atoms with Crippen LogP contribution in [0.4, 0.5) is 11.4 Å². The highest BCUT2D eigenvalue weighted by molar-refractivity contribution is 5.87. The molecule has 6 aromatic rings. The van der Waals surface area contributed by atoms with Gasteiger partial charge in [0.05, 0.1) is 0 Å². The predicted octanol–water partition coefficient (Wildman–Crippen LogP) is 11.3. The van der Waals surface area contributed by atoms with E-state index >= 15 is 0 Å². The van der Waals surface area contributed by atoms with Crippen molar-refractivity contribution in [2.24, 2.45) is 0 Å². The molecule has 41 heavy (non-hydrogen) atoms. The van der Waals surface area contributed by atoms with Gasteiger partial charge in [-0.3, -0.25) is 0 Å². The average Bonchev–Trinajstić information content (AvgIpc) is 3.03. The molecule has 0 saturated carbocycles. The van der Waals surface area contributed by atoms with Gasteiger partial charge in [-0.15, -0.1) is 0 Å². The van der Waals surface area contributed by atoms with Crippen molar-refractivity contribution in [1.29, 1.82) is 0 Å². The van der Waals surface area contributed by atoms with Crippen molar-refractivity contribution < 1.29 is 0 Å². The molecule has 0 aliphatic heterocycles. The summed E-state index contributed by atoms with van der Waals surface area (Å²) in [5.74, 6) is 0. The first-order valence-electron chi connectivity index (χ1n) is 14.7. The molecule has 0 heterocycles. The van der Waals surface area contributed by atoms with Gasteiger partial charge in [-0.1, -0.05) is 129 Å². The summed E-state index contributed by atoms with van der Waals surface area (Å²) in [5.41, 5.74) is 11.2. The zero-order chi connectivity index (χ0) is 28.2. The van der Waals surface area contributed by atoms with Crippen molar-refractivity contribution in [3.8, 4) is 22.3 Å². The second-order valence-corrected chi connectivity index (χ2v) is 11.1. The first-order valence-corrected chi connectivity index (χ1v) is 14.7. The number of rotatable bonds is 8. The minimum absolute atomic E-state index is 0.0455. The third kappa shape index (κ3) is 5.41. The van der Waals surface area contributed by atoms with Crippen LogP contribution in [-0.4, -0.2) is 0 Å². The zero-order valence-electron chi connectivity index (χ0n) is 24.2. The highest BCUT2D eigenvalue weighted by atomic mass is 14.9. The lowest BCUT2D eigenvalue weighted by molar-refractivity contribution is 0.478. The van der Waals surface area contributed by atoms with Gasteiger partial charge in [-0.2, -0.15) is 0 Å². The third-order valence-electron chi connectivity index (χ3n) is 8.72. The average molecular weight is 532 g/mol. The molecule has 1 N–H and O–H groups in total. The van der Waals surface area contributed by atoms with Gasteiger partial charge < -0.3 is 5.32 Å². The van der Waals surface area contributed by atoms with Crippen LogP contribution in [0.25, 0.3) is 33.0 Å². The van der Waals surface area contributed by atoms with Crippen LogP contribution in [0.1, 0.15) is 43.4 Å². The van der Waals surface area contributed by atoms with E-state index in [9.17, 15) is 0 Å². The topological polar surface area (TPSA) is 12.0 Å². The number of aryl methyl sites for hydroxylation is 1. The Labute approximate surface area is 244 Å². The van der Waals surface area contributed by atoms with Gasteiger partial charge in [-0.05, 0) is 94.3 Å². The summed E-state index contributed by atoms with van der Waals surface area (Å²) in [6, 6.07) is 50.8. The number of nitrogens with one attached hydrogen (secondary N) is 1. The summed E-state index contributed by atoms with van der Waals surface area (Å²) in [5, 5.41) is 6.09. The Morgan fingerprint density at radius 2 is 0.902 bits per heavy atom. The molecule has 0 atom stereocenters. The van der Waals surface area contributed by atoms with E-state index in [-0.39, 0.29) is 5.41 Å². The molecule has 0 aliphatic carbocycles. The smallest absolute Gasteiger partial charge is 0.0384 e. The number of fused-ring (bicyclic) bond motifs is 1. The van der Waals surface area contributed by atoms with Crippen molar-refractivity contribution in [3.63, 3.8) is 0 Å². The van der Waals surface area contributed by atoms with E-state index in [0.29, 0.717) is 0 Å². The number of hydrogen-bond acceptors (Lipinski definition) is 1. The monoisotopic (exact) mass is 531 g/mol. The summed E-state index contributed by atoms with van der Waals surface area (Å²) >= 11 is 0. The van der Waals surface area contributed by atoms with Crippen LogP contribution in [0.5, 0.6) is 0 Å². The van der Waals surface area contributed by atoms with Gasteiger partial charge in [0.1, 0.15) is 0 Å². The number of benzene rings is 6. The Morgan fingerprint density at radius 1 is 0.463 bits per heavy atom. The zero-order valence-corrected chi connectivity index (χ0v) is 24.2. The summed E-state index contributed by atoms with van der Waals surface area (Å²) < 4.78 is 0. The standard InChI is InChI=1S/C40H37N/c1-4-40(5-2,36-20-10-29(3)11-21-36)37-22-14-31(15-23-37)32-16-24-38(25-17-32)41-39-26-18-33(19-27-39)35-13-12-30-8-6-7-9-34(30)28-35/h6-28,41H,4-5H2,1-3H3. The predicted molar refractivity (Wildman–Crippen MR) is 177 cm³/mol. The van der Waals surface area contributed by atoms with E-state index in [1.54, 1.807) is 0 Å². The molecule has 6 rings (SSSR count). The maximum atomic E-state index is 3.56. The first kappa shape index (κ1) is 26.6. The maximum Gasteiger partial charge on any atom is 0.0384 e. The van der Waals surface area contributed by atoms with Crippen LogP contribution < -0.4 is 5.32 Å². The van der Waals surface area contributed by atoms with Crippen LogP contribution in [0, 0.1) is 6.92 Å². The fourth-order valence-corrected chi connectivity index (χ4v) is 6.12. The van der Waals surface area contributed by atoms with E-state index in [4.69, 9.17) is 0 Å². The van der Waals surface area contributed by atoms with Gasteiger partial charge in [0.15, 0.2) is 0 Å². The molecular formula is C40H37N. The van der Waals surface area contributed by atoms with Gasteiger partial charge in [-0.25, -0.2) is 0 Å². The highest BCUT2D eigenvalue weighted by Gasteiger charge is 2.30. The van der Waals surface area contributed by atoms with Gasteiger partial charge in [0.2, 0.25) is 0 Å². The number of hydrogen-bond donors (Lipinski definition) is 1. The van der Waals surface area contributed by atoms with E-state index in [1.807, 2.05) is 0 Å². The van der Waals surface area contributed by atoms with Crippen LogP contribution in [-0.2, 0) is 5.41 Å². The molecule has 0 unspecified atom stereocenters. The Kier molecular flexibility index (Phi) is 7.44. The van der Waals surface area contributed by atoms with E-state index in [1.165, 1.54) is 49.7 Å². The van der Waals surface area contributed by atoms with Gasteiger partial charge in [0.25, 0.3) is 0 Å². The lowest BCUT2D eigenvalue weighted by Crippen LogP contribution is -2.26. The van der Waals surface area contributed by atoms with Crippen molar-refractivity contribution in [1.82, 2.24) is 0 Å². The molecule has 0 saturated heterocycles. The normalized spacial score (nSPS) is 11.5. The Morgan fingerprint density at radius 3 is 1.44 bits per heavy atom. The summed E-state index contributed by atoms with van der Waals surface area (Å²) in [4.78, 5) is 0. The summed E-state index contributed by atoms with van der Waals surface area (Å²) in [6.07, 6.45) is 2.16. The largest absolute Gasteiger partial charge is 0.356 e. The summed E-state index contributed by atoms with van der Waals surface area (Å²) in [6.45, 7) is 6.77. The lowest BCUT2D eigenvalue weighted by Gasteiger charge is -2.33. The Balaban J connectivity index is 1.16. The van der Waals surface area contributed by atoms with E-state index < -0.39 is 0 Å². The second-order valence-electron chi connectivity index (χ2n) is 11.1. The molecular weight excluding hydrogens is 494 g/mol. The molecule has 0 bridgehead atoms. The quantitative estimate of drug-likeness (QED) is 0.206. The van der Waals surface area contributed by atoms with Gasteiger partial charge in [0, 0.05) is 16.8 Å². The minimum Gasteiger partial charge on any atom is -0.356 e. The fraction of sp³-hybridized carbons (Fsp3) is 0.150. The Hall–Kier alpha value is -4.62. The summed E-state index contributed by atoms with van der Waals surface area (Å²) in [7, 11) is 0. The van der Waals surface area contributed by atoms with Crippen molar-refractivity contribution in [3.05, 3.63) is 156 Å². The molecule has 0 spiro atoms. The number of anilines is 2. The van der Waals surface area contributed by atoms with Crippen LogP contribution >= 0.6 is 0 Å². The molecule has 0 aromatic heterocycles. The molecule has 0 amide bonds. The molecule has 6 aromatic carbocycles. The minimum atomic E-state index is 0.0455. The third-order valence-corrected chi connectivity index (χ3v) is 8.72. The molecule has 0 radical (unpaired) electrons. The van der Waals surface area contributed by atoms with Crippen LogP contribution in [0.3, 0.4) is 0 Å². The molecule has 1 heteroatoms. The van der Waals surface area contributed by atoms with E-state index in [2.05, 4.69) is 166 Å². The SMILES string of the molecule is CCC(CC)(c1ccc(C)cc1)c1ccc(-c2ccc(Nc3ccc(-c4ccc5ccccc5c4)cc3)cc2)cc1. The fourth-order valence-electron chi connectivity index (χ4n) is 6.12. The van der Waals surface area contributed by atoms with Crippen molar-refractivity contribution in [2.75, 3.05) is 5.32 Å². The van der Waals surface area contributed by atoms with Crippen LogP contribution in [0.15, 0.2) is 140 Å². The van der Waals surface area contributed by atoms with Gasteiger partial charge >= 0.3 is 0 Å². The maximum absolute atomic E-state index is 3.56. The van der Waals surface area contributed by atoms with E-state index in [0.717, 1.165) is 24.2 Å². The molecule has 0 aliphatic rings. The molecule has 1 nitrogen and oxygen atoms in total. The molecule has 202 valence electrons. The first-order chi connectivity index (χ1) is 20.1. The van der Waals surface area contributed by atoms with Crippen molar-refractivity contribution in [2.45, 2.75) is 39.0 Å². The van der Waals surface area contributed by atoms with Crippen molar-refractivity contribution >= 4 is 22.1 Å². The van der Waals surface area contributed by atoms with Crippen LogP contribution in [0.2, 0.25) is 0 Å². The lowest BCUT2D eigenvalue weighted by atomic mass is 9.70. The molecule has 0 fully saturated rings. The second kappa shape index (κ2) is 11.5.